The van der Waals surface area contributed by atoms with Crippen LogP contribution in [0.4, 0.5) is 0 Å². The molecule has 0 aromatic carbocycles. The molecular formula is C15H19NO2S. The van der Waals surface area contributed by atoms with Crippen molar-refractivity contribution in [2.75, 3.05) is 19.7 Å². The van der Waals surface area contributed by atoms with Crippen molar-refractivity contribution in [3.63, 3.8) is 0 Å². The lowest BCUT2D eigenvalue weighted by Crippen LogP contribution is -2.32. The molecule has 1 fully saturated rings. The van der Waals surface area contributed by atoms with E-state index in [9.17, 15) is 4.79 Å². The Balaban J connectivity index is 2.09. The van der Waals surface area contributed by atoms with Gasteiger partial charge in [0.2, 0.25) is 0 Å². The van der Waals surface area contributed by atoms with E-state index in [-0.39, 0.29) is 12.5 Å². The molecule has 3 nitrogen and oxygen atoms in total. The SMILES string of the molecule is CCN(CC1CC1)C(=O)c1sccc1C#CCCO. The van der Waals surface area contributed by atoms with Crippen LogP contribution in [0.5, 0.6) is 0 Å². The quantitative estimate of drug-likeness (QED) is 0.839. The second-order valence-electron chi connectivity index (χ2n) is 4.73. The second-order valence-corrected chi connectivity index (χ2v) is 5.64. The van der Waals surface area contributed by atoms with E-state index >= 15 is 0 Å². The van der Waals surface area contributed by atoms with E-state index in [1.807, 2.05) is 23.3 Å². The monoisotopic (exact) mass is 277 g/mol. The zero-order valence-electron chi connectivity index (χ0n) is 11.2. The average molecular weight is 277 g/mol. The summed E-state index contributed by atoms with van der Waals surface area (Å²) >= 11 is 1.45. The molecule has 1 N–H and O–H groups in total. The molecule has 0 spiro atoms. The highest BCUT2D eigenvalue weighted by atomic mass is 32.1. The first kappa shape index (κ1) is 14.1. The predicted octanol–water partition coefficient (Wildman–Crippen LogP) is 2.35. The lowest BCUT2D eigenvalue weighted by atomic mass is 10.2. The van der Waals surface area contributed by atoms with Gasteiger partial charge in [0, 0.05) is 25.1 Å². The molecule has 1 saturated carbocycles. The van der Waals surface area contributed by atoms with Crippen LogP contribution in [-0.4, -0.2) is 35.6 Å². The van der Waals surface area contributed by atoms with Crippen molar-refractivity contribution in [2.24, 2.45) is 5.92 Å². The maximum atomic E-state index is 12.5. The van der Waals surface area contributed by atoms with Crippen LogP contribution in [0.25, 0.3) is 0 Å². The summed E-state index contributed by atoms with van der Waals surface area (Å²) in [5.74, 6) is 6.65. The molecule has 1 aromatic heterocycles. The van der Waals surface area contributed by atoms with Gasteiger partial charge in [0.25, 0.3) is 5.91 Å². The average Bonchev–Trinajstić information content (AvgIpc) is 3.12. The van der Waals surface area contributed by atoms with Crippen molar-refractivity contribution in [1.29, 1.82) is 0 Å². The van der Waals surface area contributed by atoms with Gasteiger partial charge >= 0.3 is 0 Å². The molecule has 1 aromatic rings. The molecule has 2 rings (SSSR count). The molecule has 0 radical (unpaired) electrons. The highest BCUT2D eigenvalue weighted by Gasteiger charge is 2.27. The maximum absolute atomic E-state index is 12.5. The molecule has 0 saturated heterocycles. The summed E-state index contributed by atoms with van der Waals surface area (Å²) in [6.07, 6.45) is 2.94. The fourth-order valence-electron chi connectivity index (χ4n) is 1.90. The van der Waals surface area contributed by atoms with Gasteiger partial charge in [0.05, 0.1) is 6.61 Å². The van der Waals surface area contributed by atoms with Crippen molar-refractivity contribution in [3.8, 4) is 11.8 Å². The maximum Gasteiger partial charge on any atom is 0.265 e. The molecule has 1 aliphatic carbocycles. The Morgan fingerprint density at radius 2 is 2.37 bits per heavy atom. The molecule has 1 aliphatic rings. The minimum absolute atomic E-state index is 0.0587. The number of hydrogen-bond donors (Lipinski definition) is 1. The first-order valence-electron chi connectivity index (χ1n) is 6.72. The van der Waals surface area contributed by atoms with E-state index in [1.54, 1.807) is 0 Å². The summed E-state index contributed by atoms with van der Waals surface area (Å²) in [5, 5.41) is 10.6. The lowest BCUT2D eigenvalue weighted by molar-refractivity contribution is 0.0761. The molecule has 0 atom stereocenters. The first-order chi connectivity index (χ1) is 9.26. The molecule has 0 unspecified atom stereocenters. The molecule has 0 bridgehead atoms. The van der Waals surface area contributed by atoms with Crippen LogP contribution in [0.3, 0.4) is 0 Å². The highest BCUT2D eigenvalue weighted by Crippen LogP contribution is 2.30. The normalized spacial score (nSPS) is 13.8. The minimum Gasteiger partial charge on any atom is -0.395 e. The highest BCUT2D eigenvalue weighted by molar-refractivity contribution is 7.12. The topological polar surface area (TPSA) is 40.5 Å². The van der Waals surface area contributed by atoms with Gasteiger partial charge in [-0.15, -0.1) is 11.3 Å². The Kier molecular flexibility index (Phi) is 5.00. The van der Waals surface area contributed by atoms with Crippen LogP contribution in [0.2, 0.25) is 0 Å². The third-order valence-electron chi connectivity index (χ3n) is 3.16. The van der Waals surface area contributed by atoms with Gasteiger partial charge in [-0.2, -0.15) is 0 Å². The number of rotatable bonds is 5. The molecule has 19 heavy (non-hydrogen) atoms. The van der Waals surface area contributed by atoms with Crippen LogP contribution >= 0.6 is 11.3 Å². The summed E-state index contributed by atoms with van der Waals surface area (Å²) in [6.45, 7) is 3.70. The predicted molar refractivity (Wildman–Crippen MR) is 77.2 cm³/mol. The number of aliphatic hydroxyl groups is 1. The molecule has 0 aliphatic heterocycles. The summed E-state index contributed by atoms with van der Waals surface area (Å²) in [5.41, 5.74) is 0.790. The Morgan fingerprint density at radius 1 is 1.58 bits per heavy atom. The van der Waals surface area contributed by atoms with E-state index in [1.165, 1.54) is 24.2 Å². The number of thiophene rings is 1. The van der Waals surface area contributed by atoms with E-state index < -0.39 is 0 Å². The fourth-order valence-corrected chi connectivity index (χ4v) is 2.71. The van der Waals surface area contributed by atoms with Crippen molar-refractivity contribution < 1.29 is 9.90 Å². The van der Waals surface area contributed by atoms with Gasteiger partial charge in [-0.25, -0.2) is 0 Å². The van der Waals surface area contributed by atoms with Crippen molar-refractivity contribution in [2.45, 2.75) is 26.2 Å². The first-order valence-corrected chi connectivity index (χ1v) is 7.60. The van der Waals surface area contributed by atoms with Crippen molar-refractivity contribution >= 4 is 17.2 Å². The zero-order valence-corrected chi connectivity index (χ0v) is 12.0. The summed E-state index contributed by atoms with van der Waals surface area (Å²) in [6, 6.07) is 1.88. The number of hydrogen-bond acceptors (Lipinski definition) is 3. The minimum atomic E-state index is 0.0587. The van der Waals surface area contributed by atoms with E-state index in [2.05, 4.69) is 11.8 Å². The molecule has 1 heterocycles. The largest absolute Gasteiger partial charge is 0.395 e. The van der Waals surface area contributed by atoms with Crippen LogP contribution in [0.15, 0.2) is 11.4 Å². The lowest BCUT2D eigenvalue weighted by Gasteiger charge is -2.20. The third-order valence-corrected chi connectivity index (χ3v) is 4.07. The Labute approximate surface area is 118 Å². The molecule has 102 valence electrons. The Hall–Kier alpha value is -1.31. The number of nitrogens with zero attached hydrogens (tertiary/aromatic N) is 1. The molecule has 1 amide bonds. The number of carbonyl (C=O) groups is 1. The smallest absolute Gasteiger partial charge is 0.265 e. The van der Waals surface area contributed by atoms with E-state index in [0.29, 0.717) is 12.3 Å². The summed E-state index contributed by atoms with van der Waals surface area (Å²) in [4.78, 5) is 15.1. The second kappa shape index (κ2) is 6.74. The molecular weight excluding hydrogens is 258 g/mol. The van der Waals surface area contributed by atoms with E-state index in [4.69, 9.17) is 5.11 Å². The summed E-state index contributed by atoms with van der Waals surface area (Å²) in [7, 11) is 0. The molecule has 4 heteroatoms. The van der Waals surface area contributed by atoms with Gasteiger partial charge in [-0.1, -0.05) is 11.8 Å². The van der Waals surface area contributed by atoms with Crippen molar-refractivity contribution in [1.82, 2.24) is 4.90 Å². The van der Waals surface area contributed by atoms with E-state index in [0.717, 1.165) is 23.5 Å². The third kappa shape index (κ3) is 3.82. The van der Waals surface area contributed by atoms with Gasteiger partial charge in [0.1, 0.15) is 4.88 Å². The van der Waals surface area contributed by atoms with Gasteiger partial charge in [0.15, 0.2) is 0 Å². The number of carbonyl (C=O) groups excluding carboxylic acids is 1. The standard InChI is InChI=1S/C15H19NO2S/c1-2-16(11-12-6-7-12)15(18)14-13(8-10-19-14)5-3-4-9-17/h8,10,12,17H,2,4,6-7,9,11H2,1H3. The van der Waals surface area contributed by atoms with Gasteiger partial charge in [-0.3, -0.25) is 4.79 Å². The van der Waals surface area contributed by atoms with Gasteiger partial charge < -0.3 is 10.0 Å². The van der Waals surface area contributed by atoms with Crippen LogP contribution in [0.1, 0.15) is 41.4 Å². The number of aliphatic hydroxyl groups excluding tert-OH is 1. The van der Waals surface area contributed by atoms with Crippen LogP contribution in [0, 0.1) is 17.8 Å². The zero-order chi connectivity index (χ0) is 13.7. The van der Waals surface area contributed by atoms with Crippen LogP contribution < -0.4 is 0 Å². The Morgan fingerprint density at radius 3 is 3.00 bits per heavy atom. The summed E-state index contributed by atoms with van der Waals surface area (Å²) < 4.78 is 0. The van der Waals surface area contributed by atoms with Crippen LogP contribution in [-0.2, 0) is 0 Å². The van der Waals surface area contributed by atoms with Crippen molar-refractivity contribution in [3.05, 3.63) is 21.9 Å². The Bertz CT molecular complexity index is 494. The fraction of sp³-hybridized carbons (Fsp3) is 0.533. The number of amides is 1. The van der Waals surface area contributed by atoms with Gasteiger partial charge in [-0.05, 0) is 37.1 Å².